The molecule has 4 rings (SSSR count). The summed E-state index contributed by atoms with van der Waals surface area (Å²) < 4.78 is 38.1. The van der Waals surface area contributed by atoms with Crippen LogP contribution >= 0.6 is 0 Å². The minimum atomic E-state index is -3.51. The van der Waals surface area contributed by atoms with Gasteiger partial charge in [0, 0.05) is 45.8 Å². The van der Waals surface area contributed by atoms with E-state index in [1.807, 2.05) is 61.5 Å². The van der Waals surface area contributed by atoms with Gasteiger partial charge >= 0.3 is 0 Å². The molecule has 1 N–H and O–H groups in total. The van der Waals surface area contributed by atoms with Crippen molar-refractivity contribution in [3.8, 4) is 5.75 Å². The Morgan fingerprint density at radius 3 is 2.23 bits per heavy atom. The van der Waals surface area contributed by atoms with E-state index in [0.717, 1.165) is 24.0 Å². The molecular formula is C34H43N3O6S. The molecule has 2 amide bonds. The van der Waals surface area contributed by atoms with Crippen LogP contribution in [0.1, 0.15) is 55.3 Å². The molecule has 3 aromatic carbocycles. The number of nitrogens with one attached hydrogen (secondary N) is 1. The lowest BCUT2D eigenvalue weighted by molar-refractivity contribution is -0.141. The Kier molecular flexibility index (Phi) is 12.3. The van der Waals surface area contributed by atoms with Gasteiger partial charge in [-0.05, 0) is 73.6 Å². The number of carbonyl (C=O) groups excluding carboxylic acids is 2. The number of nitrogens with zero attached hydrogens (tertiary/aromatic N) is 2. The van der Waals surface area contributed by atoms with Crippen LogP contribution in [0, 0.1) is 0 Å². The smallest absolute Gasteiger partial charge is 0.247 e. The first-order valence-corrected chi connectivity index (χ1v) is 16.7. The molecule has 1 unspecified atom stereocenters. The Morgan fingerprint density at radius 2 is 1.59 bits per heavy atom. The summed E-state index contributed by atoms with van der Waals surface area (Å²) in [6.07, 6.45) is 2.97. The molecule has 0 radical (unpaired) electrons. The molecule has 3 aromatic rings. The summed E-state index contributed by atoms with van der Waals surface area (Å²) in [5.41, 5.74) is 2.42. The zero-order valence-electron chi connectivity index (χ0n) is 25.6. The molecule has 1 saturated heterocycles. The highest BCUT2D eigenvalue weighted by molar-refractivity contribution is 7.89. The van der Waals surface area contributed by atoms with Crippen molar-refractivity contribution in [2.24, 2.45) is 0 Å². The largest absolute Gasteiger partial charge is 0.497 e. The Morgan fingerprint density at radius 1 is 0.932 bits per heavy atom. The lowest BCUT2D eigenvalue weighted by Gasteiger charge is -2.32. The zero-order valence-corrected chi connectivity index (χ0v) is 26.4. The maximum absolute atomic E-state index is 14.0. The summed E-state index contributed by atoms with van der Waals surface area (Å²) in [4.78, 5) is 29.6. The molecular weight excluding hydrogens is 578 g/mol. The molecule has 0 aliphatic carbocycles. The summed E-state index contributed by atoms with van der Waals surface area (Å²) in [6, 6.07) is 22.7. The quantitative estimate of drug-likeness (QED) is 0.232. The number of hydrogen-bond acceptors (Lipinski definition) is 6. The van der Waals surface area contributed by atoms with E-state index in [4.69, 9.17) is 9.47 Å². The molecule has 1 aliphatic rings. The van der Waals surface area contributed by atoms with Crippen molar-refractivity contribution in [1.29, 1.82) is 0 Å². The van der Waals surface area contributed by atoms with Gasteiger partial charge in [0.1, 0.15) is 11.8 Å². The molecule has 0 aromatic heterocycles. The third-order valence-corrected chi connectivity index (χ3v) is 9.64. The molecule has 0 bridgehead atoms. The minimum absolute atomic E-state index is 0.148. The van der Waals surface area contributed by atoms with E-state index in [1.165, 1.54) is 4.31 Å². The van der Waals surface area contributed by atoms with Crippen LogP contribution in [0.3, 0.4) is 0 Å². The summed E-state index contributed by atoms with van der Waals surface area (Å²) in [5.74, 6) is 0.257. The number of ether oxygens (including phenoxy) is 2. The van der Waals surface area contributed by atoms with Gasteiger partial charge in [0.15, 0.2) is 0 Å². The van der Waals surface area contributed by atoms with Crippen molar-refractivity contribution >= 4 is 21.8 Å². The van der Waals surface area contributed by atoms with Crippen LogP contribution in [0.15, 0.2) is 83.8 Å². The Bertz CT molecular complexity index is 1440. The Balaban J connectivity index is 1.54. The molecule has 1 fully saturated rings. The fourth-order valence-electron chi connectivity index (χ4n) is 5.29. The van der Waals surface area contributed by atoms with E-state index in [-0.39, 0.29) is 29.7 Å². The maximum atomic E-state index is 14.0. The first kappa shape index (κ1) is 33.2. The average molecular weight is 622 g/mol. The molecule has 0 spiro atoms. The lowest BCUT2D eigenvalue weighted by atomic mass is 10.0. The Hall–Kier alpha value is -3.73. The minimum Gasteiger partial charge on any atom is -0.497 e. The topological polar surface area (TPSA) is 105 Å². The molecule has 1 atom stereocenters. The second kappa shape index (κ2) is 16.4. The third-order valence-electron chi connectivity index (χ3n) is 7.73. The number of hydrogen-bond donors (Lipinski definition) is 1. The molecule has 1 heterocycles. The number of methoxy groups -OCH3 is 1. The summed E-state index contributed by atoms with van der Waals surface area (Å²) in [6.45, 7) is 4.83. The molecule has 9 nitrogen and oxygen atoms in total. The van der Waals surface area contributed by atoms with Gasteiger partial charge in [0.2, 0.25) is 21.8 Å². The fourth-order valence-corrected chi connectivity index (χ4v) is 6.80. The van der Waals surface area contributed by atoms with E-state index in [2.05, 4.69) is 5.32 Å². The number of sulfonamides is 1. The molecule has 10 heteroatoms. The third kappa shape index (κ3) is 8.90. The number of benzene rings is 3. The van der Waals surface area contributed by atoms with E-state index < -0.39 is 16.1 Å². The predicted molar refractivity (Wildman–Crippen MR) is 170 cm³/mol. The van der Waals surface area contributed by atoms with E-state index in [1.54, 1.807) is 36.3 Å². The molecule has 236 valence electrons. The van der Waals surface area contributed by atoms with Gasteiger partial charge in [-0.15, -0.1) is 0 Å². The highest BCUT2D eigenvalue weighted by Gasteiger charge is 2.31. The standard InChI is InChI=1S/C34H43N3O6S/c1-3-43-25-9-22-35-34(39)33(29-10-5-4-6-11-29)37(26-28-12-17-30(42-2)18-13-28)32(38)21-16-27-14-19-31(20-15-27)44(40,41)36-23-7-8-24-36/h4-6,10-15,17-20,33H,3,7-9,16,21-26H2,1-2H3,(H,35,39). The van der Waals surface area contributed by atoms with Gasteiger partial charge in [-0.25, -0.2) is 8.42 Å². The van der Waals surface area contributed by atoms with E-state index in [0.29, 0.717) is 57.0 Å². The van der Waals surface area contributed by atoms with Crippen molar-refractivity contribution < 1.29 is 27.5 Å². The molecule has 44 heavy (non-hydrogen) atoms. The highest BCUT2D eigenvalue weighted by atomic mass is 32.2. The first-order chi connectivity index (χ1) is 21.3. The monoisotopic (exact) mass is 621 g/mol. The Labute approximate surface area is 261 Å². The van der Waals surface area contributed by atoms with Crippen LogP contribution < -0.4 is 10.1 Å². The number of aryl methyl sites for hydroxylation is 1. The van der Waals surface area contributed by atoms with Crippen LogP contribution in [0.5, 0.6) is 5.75 Å². The van der Waals surface area contributed by atoms with Gasteiger partial charge < -0.3 is 19.7 Å². The van der Waals surface area contributed by atoms with Crippen molar-refractivity contribution in [3.63, 3.8) is 0 Å². The SMILES string of the molecule is CCOCCCNC(=O)C(c1ccccc1)N(Cc1ccc(OC)cc1)C(=O)CCc1ccc(S(=O)(=O)N2CCCC2)cc1. The van der Waals surface area contributed by atoms with Gasteiger partial charge in [-0.3, -0.25) is 9.59 Å². The maximum Gasteiger partial charge on any atom is 0.247 e. The second-order valence-corrected chi connectivity index (χ2v) is 12.7. The van der Waals surface area contributed by atoms with Crippen molar-refractivity contribution in [2.45, 2.75) is 56.5 Å². The summed E-state index contributed by atoms with van der Waals surface area (Å²) in [7, 11) is -1.91. The van der Waals surface area contributed by atoms with Gasteiger partial charge in [0.25, 0.3) is 0 Å². The number of carbonyl (C=O) groups is 2. The van der Waals surface area contributed by atoms with Crippen LogP contribution in [-0.2, 0) is 37.3 Å². The van der Waals surface area contributed by atoms with Crippen LogP contribution in [0.25, 0.3) is 0 Å². The van der Waals surface area contributed by atoms with E-state index >= 15 is 0 Å². The van der Waals surface area contributed by atoms with Gasteiger partial charge in [0.05, 0.1) is 12.0 Å². The van der Waals surface area contributed by atoms with Gasteiger partial charge in [-0.1, -0.05) is 54.6 Å². The highest BCUT2D eigenvalue weighted by Crippen LogP contribution is 2.26. The summed E-state index contributed by atoms with van der Waals surface area (Å²) in [5, 5.41) is 3.00. The lowest BCUT2D eigenvalue weighted by Crippen LogP contribution is -2.43. The fraction of sp³-hybridized carbons (Fsp3) is 0.412. The number of rotatable bonds is 16. The number of amides is 2. The first-order valence-electron chi connectivity index (χ1n) is 15.3. The zero-order chi connectivity index (χ0) is 31.4. The normalized spacial score (nSPS) is 14.2. The van der Waals surface area contributed by atoms with Crippen molar-refractivity contribution in [2.75, 3.05) is 40.0 Å². The summed E-state index contributed by atoms with van der Waals surface area (Å²) >= 11 is 0. The average Bonchev–Trinajstić information content (AvgIpc) is 3.61. The van der Waals surface area contributed by atoms with Gasteiger partial charge in [-0.2, -0.15) is 4.31 Å². The van der Waals surface area contributed by atoms with Crippen molar-refractivity contribution in [3.05, 3.63) is 95.6 Å². The van der Waals surface area contributed by atoms with E-state index in [9.17, 15) is 18.0 Å². The predicted octanol–water partition coefficient (Wildman–Crippen LogP) is 4.73. The molecule has 1 aliphatic heterocycles. The molecule has 0 saturated carbocycles. The van der Waals surface area contributed by atoms with Crippen molar-refractivity contribution in [1.82, 2.24) is 14.5 Å². The van der Waals surface area contributed by atoms with Crippen LogP contribution in [0.4, 0.5) is 0 Å². The second-order valence-electron chi connectivity index (χ2n) is 10.8. The van der Waals surface area contributed by atoms with Crippen LogP contribution in [-0.4, -0.2) is 69.4 Å². The van der Waals surface area contributed by atoms with Crippen LogP contribution in [0.2, 0.25) is 0 Å².